The number of benzene rings is 1. The lowest BCUT2D eigenvalue weighted by atomic mass is 9.81. The number of methoxy groups -OCH3 is 2. The maximum atomic E-state index is 13.1. The van der Waals surface area contributed by atoms with E-state index in [0.29, 0.717) is 6.61 Å². The molecule has 1 aromatic carbocycles. The van der Waals surface area contributed by atoms with Crippen molar-refractivity contribution in [1.29, 1.82) is 0 Å². The monoisotopic (exact) mass is 390 g/mol. The third-order valence-corrected chi connectivity index (χ3v) is 6.22. The number of rotatable bonds is 7. The van der Waals surface area contributed by atoms with Gasteiger partial charge in [-0.3, -0.25) is 9.69 Å². The number of piperidine rings is 1. The summed E-state index contributed by atoms with van der Waals surface area (Å²) in [6.07, 6.45) is 1.73. The Kier molecular flexibility index (Phi) is 6.83. The molecule has 0 spiro atoms. The molecular formula is C22H34N2O4. The van der Waals surface area contributed by atoms with E-state index in [2.05, 4.69) is 17.0 Å². The normalized spacial score (nSPS) is 24.2. The van der Waals surface area contributed by atoms with E-state index in [1.54, 1.807) is 14.2 Å². The van der Waals surface area contributed by atoms with E-state index >= 15 is 0 Å². The Bertz CT molecular complexity index is 689. The van der Waals surface area contributed by atoms with Gasteiger partial charge in [-0.1, -0.05) is 0 Å². The summed E-state index contributed by atoms with van der Waals surface area (Å²) in [7, 11) is 3.35. The lowest BCUT2D eigenvalue weighted by Gasteiger charge is -2.47. The van der Waals surface area contributed by atoms with Crippen molar-refractivity contribution in [3.05, 3.63) is 23.3 Å². The fourth-order valence-electron chi connectivity index (χ4n) is 4.73. The topological polar surface area (TPSA) is 51.2 Å². The van der Waals surface area contributed by atoms with Gasteiger partial charge in [0, 0.05) is 38.8 Å². The van der Waals surface area contributed by atoms with E-state index in [9.17, 15) is 4.79 Å². The quantitative estimate of drug-likeness (QED) is 0.717. The Labute approximate surface area is 168 Å². The SMILES string of the molecule is CCOC1CC2c3cc(OC)c(OC)cc3CCN2CC1C(=O)N(CC)CC. The average molecular weight is 391 g/mol. The van der Waals surface area contributed by atoms with Crippen LogP contribution in [0.4, 0.5) is 0 Å². The smallest absolute Gasteiger partial charge is 0.229 e. The molecule has 0 saturated carbocycles. The van der Waals surface area contributed by atoms with E-state index in [1.807, 2.05) is 25.7 Å². The van der Waals surface area contributed by atoms with Gasteiger partial charge in [0.25, 0.3) is 0 Å². The highest BCUT2D eigenvalue weighted by atomic mass is 16.5. The molecule has 6 heteroatoms. The lowest BCUT2D eigenvalue weighted by Crippen LogP contribution is -2.54. The second kappa shape index (κ2) is 9.14. The Morgan fingerprint density at radius 1 is 1.14 bits per heavy atom. The summed E-state index contributed by atoms with van der Waals surface area (Å²) in [5, 5.41) is 0. The largest absolute Gasteiger partial charge is 0.493 e. The summed E-state index contributed by atoms with van der Waals surface area (Å²) >= 11 is 0. The molecule has 0 aliphatic carbocycles. The summed E-state index contributed by atoms with van der Waals surface area (Å²) in [5.74, 6) is 1.66. The van der Waals surface area contributed by atoms with E-state index in [1.165, 1.54) is 11.1 Å². The summed E-state index contributed by atoms with van der Waals surface area (Å²) in [5.41, 5.74) is 2.59. The van der Waals surface area contributed by atoms with Crippen molar-refractivity contribution < 1.29 is 19.0 Å². The first kappa shape index (κ1) is 20.9. The minimum atomic E-state index is -0.0993. The van der Waals surface area contributed by atoms with Crippen molar-refractivity contribution >= 4 is 5.91 Å². The van der Waals surface area contributed by atoms with E-state index in [0.717, 1.165) is 50.5 Å². The van der Waals surface area contributed by atoms with Crippen molar-refractivity contribution in [2.24, 2.45) is 5.92 Å². The number of nitrogens with zero attached hydrogens (tertiary/aromatic N) is 2. The van der Waals surface area contributed by atoms with Crippen molar-refractivity contribution in [1.82, 2.24) is 9.80 Å². The van der Waals surface area contributed by atoms with Crippen molar-refractivity contribution in [2.45, 2.75) is 45.8 Å². The van der Waals surface area contributed by atoms with Crippen LogP contribution in [-0.2, 0) is 16.0 Å². The first-order valence-corrected chi connectivity index (χ1v) is 10.5. The van der Waals surface area contributed by atoms with Gasteiger partial charge >= 0.3 is 0 Å². The van der Waals surface area contributed by atoms with Crippen LogP contribution < -0.4 is 9.47 Å². The maximum Gasteiger partial charge on any atom is 0.229 e. The molecule has 1 amide bonds. The van der Waals surface area contributed by atoms with Gasteiger partial charge in [-0.25, -0.2) is 0 Å². The fourth-order valence-corrected chi connectivity index (χ4v) is 4.73. The number of hydrogen-bond donors (Lipinski definition) is 0. The third-order valence-electron chi connectivity index (χ3n) is 6.22. The Hall–Kier alpha value is -1.79. The zero-order chi connectivity index (χ0) is 20.3. The molecule has 28 heavy (non-hydrogen) atoms. The molecule has 2 heterocycles. The number of carbonyl (C=O) groups excluding carboxylic acids is 1. The van der Waals surface area contributed by atoms with Gasteiger partial charge in [0.15, 0.2) is 11.5 Å². The van der Waals surface area contributed by atoms with Crippen LogP contribution in [-0.4, -0.2) is 68.8 Å². The van der Waals surface area contributed by atoms with E-state index in [4.69, 9.17) is 14.2 Å². The molecule has 2 aliphatic heterocycles. The Morgan fingerprint density at radius 2 is 1.82 bits per heavy atom. The molecule has 3 atom stereocenters. The van der Waals surface area contributed by atoms with Crippen LogP contribution >= 0.6 is 0 Å². The molecule has 3 unspecified atom stereocenters. The third kappa shape index (κ3) is 3.85. The van der Waals surface area contributed by atoms with Gasteiger partial charge in [-0.05, 0) is 56.9 Å². The highest BCUT2D eigenvalue weighted by Crippen LogP contribution is 2.43. The number of amides is 1. The van der Waals surface area contributed by atoms with Gasteiger partial charge in [0.1, 0.15) is 0 Å². The molecule has 0 radical (unpaired) electrons. The standard InChI is InChI=1S/C22H34N2O4/c1-6-23(7-2)22(25)17-14-24-10-9-15-11-20(26-4)21(27-5)12-16(15)18(24)13-19(17)28-8-3/h11-12,17-19H,6-10,13-14H2,1-5H3. The molecule has 1 fully saturated rings. The molecule has 0 aromatic heterocycles. The van der Waals surface area contributed by atoms with Crippen LogP contribution in [0.5, 0.6) is 11.5 Å². The molecule has 0 bridgehead atoms. The van der Waals surface area contributed by atoms with Gasteiger partial charge in [-0.15, -0.1) is 0 Å². The highest BCUT2D eigenvalue weighted by Gasteiger charge is 2.43. The number of fused-ring (bicyclic) bond motifs is 3. The average Bonchev–Trinajstić information content (AvgIpc) is 2.73. The zero-order valence-corrected chi connectivity index (χ0v) is 17.9. The van der Waals surface area contributed by atoms with Crippen molar-refractivity contribution in [3.63, 3.8) is 0 Å². The molecule has 2 aliphatic rings. The molecular weight excluding hydrogens is 356 g/mol. The first-order chi connectivity index (χ1) is 13.6. The van der Waals surface area contributed by atoms with Gasteiger partial charge in [0.2, 0.25) is 5.91 Å². The summed E-state index contributed by atoms with van der Waals surface area (Å²) < 4.78 is 17.1. The number of ether oxygens (including phenoxy) is 3. The van der Waals surface area contributed by atoms with E-state index in [-0.39, 0.29) is 24.0 Å². The molecule has 1 saturated heterocycles. The molecule has 3 rings (SSSR count). The van der Waals surface area contributed by atoms with Crippen LogP contribution in [0.25, 0.3) is 0 Å². The predicted octanol–water partition coefficient (Wildman–Crippen LogP) is 2.90. The van der Waals surface area contributed by atoms with Crippen molar-refractivity contribution in [2.75, 3.05) is 47.0 Å². The predicted molar refractivity (Wildman–Crippen MR) is 109 cm³/mol. The zero-order valence-electron chi connectivity index (χ0n) is 17.9. The number of carbonyl (C=O) groups is 1. The van der Waals surface area contributed by atoms with Crippen LogP contribution in [0.15, 0.2) is 12.1 Å². The molecule has 0 N–H and O–H groups in total. The maximum absolute atomic E-state index is 13.1. The molecule has 156 valence electrons. The Balaban J connectivity index is 1.90. The van der Waals surface area contributed by atoms with Crippen LogP contribution in [0.3, 0.4) is 0 Å². The minimum absolute atomic E-state index is 0.0570. The highest BCUT2D eigenvalue weighted by molar-refractivity contribution is 5.80. The van der Waals surface area contributed by atoms with Gasteiger partial charge in [-0.2, -0.15) is 0 Å². The van der Waals surface area contributed by atoms with Crippen LogP contribution in [0.1, 0.15) is 44.4 Å². The van der Waals surface area contributed by atoms with E-state index < -0.39 is 0 Å². The van der Waals surface area contributed by atoms with Gasteiger partial charge < -0.3 is 19.1 Å². The second-order valence-electron chi connectivity index (χ2n) is 7.51. The lowest BCUT2D eigenvalue weighted by molar-refractivity contribution is -0.147. The van der Waals surface area contributed by atoms with Crippen LogP contribution in [0.2, 0.25) is 0 Å². The first-order valence-electron chi connectivity index (χ1n) is 10.5. The number of hydrogen-bond acceptors (Lipinski definition) is 5. The summed E-state index contributed by atoms with van der Waals surface area (Å²) in [6.45, 7) is 9.90. The minimum Gasteiger partial charge on any atom is -0.493 e. The molecule has 6 nitrogen and oxygen atoms in total. The fraction of sp³-hybridized carbons (Fsp3) is 0.682. The van der Waals surface area contributed by atoms with Crippen LogP contribution in [0, 0.1) is 5.92 Å². The summed E-state index contributed by atoms with van der Waals surface area (Å²) in [4.78, 5) is 17.5. The Morgan fingerprint density at radius 3 is 2.43 bits per heavy atom. The molecule has 1 aromatic rings. The van der Waals surface area contributed by atoms with Gasteiger partial charge in [0.05, 0.1) is 26.2 Å². The summed E-state index contributed by atoms with van der Waals surface area (Å²) in [6, 6.07) is 4.47. The van der Waals surface area contributed by atoms with Crippen molar-refractivity contribution in [3.8, 4) is 11.5 Å². The second-order valence-corrected chi connectivity index (χ2v) is 7.51.